The lowest BCUT2D eigenvalue weighted by Gasteiger charge is -2.22. The van der Waals surface area contributed by atoms with E-state index in [1.54, 1.807) is 4.90 Å². The Morgan fingerprint density at radius 2 is 2.00 bits per heavy atom. The van der Waals surface area contributed by atoms with Crippen LogP contribution in [-0.2, 0) is 4.79 Å². The fraction of sp³-hybridized carbons (Fsp3) is 0.562. The van der Waals surface area contributed by atoms with Gasteiger partial charge < -0.3 is 14.7 Å². The molecule has 1 heterocycles. The molecule has 1 amide bonds. The maximum absolute atomic E-state index is 12.1. The van der Waals surface area contributed by atoms with Crippen LogP contribution < -0.4 is 4.74 Å². The van der Waals surface area contributed by atoms with E-state index in [1.807, 2.05) is 38.1 Å². The molecule has 1 fully saturated rings. The molecule has 1 aromatic carbocycles. The second-order valence-corrected chi connectivity index (χ2v) is 5.83. The zero-order valence-electron chi connectivity index (χ0n) is 12.3. The molecule has 0 saturated carbocycles. The van der Waals surface area contributed by atoms with Gasteiger partial charge in [0.05, 0.1) is 5.60 Å². The summed E-state index contributed by atoms with van der Waals surface area (Å²) < 4.78 is 5.52. The van der Waals surface area contributed by atoms with Gasteiger partial charge in [0, 0.05) is 13.1 Å². The third kappa shape index (κ3) is 4.23. The van der Waals surface area contributed by atoms with Crippen LogP contribution in [0.1, 0.15) is 31.7 Å². The van der Waals surface area contributed by atoms with E-state index in [-0.39, 0.29) is 12.5 Å². The summed E-state index contributed by atoms with van der Waals surface area (Å²) in [6.07, 6.45) is 2.21. The van der Waals surface area contributed by atoms with Gasteiger partial charge in [-0.1, -0.05) is 17.7 Å². The highest BCUT2D eigenvalue weighted by Gasteiger charge is 2.27. The molecule has 0 radical (unpaired) electrons. The lowest BCUT2D eigenvalue weighted by atomic mass is 9.98. The van der Waals surface area contributed by atoms with Gasteiger partial charge in [-0.3, -0.25) is 4.79 Å². The summed E-state index contributed by atoms with van der Waals surface area (Å²) >= 11 is 0. The summed E-state index contributed by atoms with van der Waals surface area (Å²) in [5, 5.41) is 10.0. The van der Waals surface area contributed by atoms with E-state index < -0.39 is 5.60 Å². The first kappa shape index (κ1) is 14.9. The summed E-state index contributed by atoms with van der Waals surface area (Å²) in [6, 6.07) is 7.66. The number of hydrogen-bond acceptors (Lipinski definition) is 3. The second kappa shape index (κ2) is 6.27. The van der Waals surface area contributed by atoms with Crippen LogP contribution in [0.2, 0.25) is 0 Å². The predicted octanol–water partition coefficient (Wildman–Crippen LogP) is 2.14. The van der Waals surface area contributed by atoms with Gasteiger partial charge in [0.1, 0.15) is 5.75 Å². The van der Waals surface area contributed by atoms with Crippen LogP contribution >= 0.6 is 0 Å². The van der Waals surface area contributed by atoms with Crippen LogP contribution in [-0.4, -0.2) is 41.2 Å². The molecule has 0 spiro atoms. The van der Waals surface area contributed by atoms with E-state index in [0.717, 1.165) is 12.8 Å². The summed E-state index contributed by atoms with van der Waals surface area (Å²) in [6.45, 7) is 5.21. The van der Waals surface area contributed by atoms with E-state index >= 15 is 0 Å². The topological polar surface area (TPSA) is 49.8 Å². The fourth-order valence-corrected chi connectivity index (χ4v) is 2.38. The molecule has 1 atom stereocenters. The molecular formula is C16H23NO3. The Kier molecular flexibility index (Phi) is 4.65. The number of rotatable bonds is 3. The Morgan fingerprint density at radius 1 is 1.30 bits per heavy atom. The minimum Gasteiger partial charge on any atom is -0.484 e. The van der Waals surface area contributed by atoms with Crippen LogP contribution in [0.25, 0.3) is 0 Å². The minimum atomic E-state index is -0.646. The SMILES string of the molecule is Cc1ccc(OCC(=O)N2CCCC(C)(O)CC2)cc1. The molecule has 4 heteroatoms. The molecule has 0 aliphatic carbocycles. The fourth-order valence-electron chi connectivity index (χ4n) is 2.38. The molecular weight excluding hydrogens is 254 g/mol. The van der Waals surface area contributed by atoms with Crippen molar-refractivity contribution in [2.75, 3.05) is 19.7 Å². The zero-order chi connectivity index (χ0) is 14.6. The molecule has 4 nitrogen and oxygen atoms in total. The van der Waals surface area contributed by atoms with Crippen LogP contribution in [0.3, 0.4) is 0 Å². The average Bonchev–Trinajstić information content (AvgIpc) is 2.59. The Morgan fingerprint density at radius 3 is 2.70 bits per heavy atom. The lowest BCUT2D eigenvalue weighted by Crippen LogP contribution is -2.36. The molecule has 1 N–H and O–H groups in total. The smallest absolute Gasteiger partial charge is 0.260 e. The third-order valence-corrected chi connectivity index (χ3v) is 3.80. The molecule has 1 aromatic rings. The van der Waals surface area contributed by atoms with E-state index in [4.69, 9.17) is 4.74 Å². The van der Waals surface area contributed by atoms with Gasteiger partial charge in [-0.05, 0) is 45.2 Å². The van der Waals surface area contributed by atoms with Crippen LogP contribution in [0.15, 0.2) is 24.3 Å². The van der Waals surface area contributed by atoms with Crippen LogP contribution in [0, 0.1) is 6.92 Å². The number of carbonyl (C=O) groups is 1. The van der Waals surface area contributed by atoms with Crippen LogP contribution in [0.4, 0.5) is 0 Å². The highest BCUT2D eigenvalue weighted by Crippen LogP contribution is 2.21. The maximum Gasteiger partial charge on any atom is 0.260 e. The van der Waals surface area contributed by atoms with Crippen molar-refractivity contribution < 1.29 is 14.6 Å². The van der Waals surface area contributed by atoms with Crippen molar-refractivity contribution in [1.29, 1.82) is 0 Å². The summed E-state index contributed by atoms with van der Waals surface area (Å²) in [7, 11) is 0. The first-order chi connectivity index (χ1) is 9.46. The number of aliphatic hydroxyl groups is 1. The van der Waals surface area contributed by atoms with Gasteiger partial charge in [-0.25, -0.2) is 0 Å². The van der Waals surface area contributed by atoms with Crippen molar-refractivity contribution in [3.63, 3.8) is 0 Å². The van der Waals surface area contributed by atoms with Crippen molar-refractivity contribution in [2.24, 2.45) is 0 Å². The molecule has 0 bridgehead atoms. The first-order valence-electron chi connectivity index (χ1n) is 7.16. The average molecular weight is 277 g/mol. The number of likely N-dealkylation sites (tertiary alicyclic amines) is 1. The molecule has 1 aliphatic rings. The minimum absolute atomic E-state index is 0.0109. The second-order valence-electron chi connectivity index (χ2n) is 5.83. The first-order valence-corrected chi connectivity index (χ1v) is 7.16. The van der Waals surface area contributed by atoms with Crippen molar-refractivity contribution >= 4 is 5.91 Å². The lowest BCUT2D eigenvalue weighted by molar-refractivity contribution is -0.133. The van der Waals surface area contributed by atoms with Gasteiger partial charge >= 0.3 is 0 Å². The molecule has 0 aromatic heterocycles. The van der Waals surface area contributed by atoms with Gasteiger partial charge in [0.2, 0.25) is 0 Å². The maximum atomic E-state index is 12.1. The number of hydrogen-bond donors (Lipinski definition) is 1. The number of nitrogens with zero attached hydrogens (tertiary/aromatic N) is 1. The monoisotopic (exact) mass is 277 g/mol. The van der Waals surface area contributed by atoms with Crippen molar-refractivity contribution in [3.8, 4) is 5.75 Å². The zero-order valence-corrected chi connectivity index (χ0v) is 12.3. The highest BCUT2D eigenvalue weighted by atomic mass is 16.5. The molecule has 20 heavy (non-hydrogen) atoms. The summed E-state index contributed by atoms with van der Waals surface area (Å²) in [5.41, 5.74) is 0.519. The number of ether oxygens (including phenoxy) is 1. The molecule has 1 saturated heterocycles. The molecule has 2 rings (SSSR count). The van der Waals surface area contributed by atoms with Gasteiger partial charge in [-0.2, -0.15) is 0 Å². The van der Waals surface area contributed by atoms with Gasteiger partial charge in [-0.15, -0.1) is 0 Å². The number of carbonyl (C=O) groups excluding carboxylic acids is 1. The largest absolute Gasteiger partial charge is 0.484 e. The van der Waals surface area contributed by atoms with E-state index in [9.17, 15) is 9.90 Å². The molecule has 1 aliphatic heterocycles. The normalized spacial score (nSPS) is 23.2. The molecule has 1 unspecified atom stereocenters. The van der Waals surface area contributed by atoms with E-state index in [0.29, 0.717) is 25.3 Å². The third-order valence-electron chi connectivity index (χ3n) is 3.80. The quantitative estimate of drug-likeness (QED) is 0.921. The standard InChI is InChI=1S/C16H23NO3/c1-13-4-6-14(7-5-13)20-12-15(18)17-10-3-8-16(2,19)9-11-17/h4-7,19H,3,8-12H2,1-2H3. The highest BCUT2D eigenvalue weighted by molar-refractivity contribution is 5.77. The summed E-state index contributed by atoms with van der Waals surface area (Å²) in [5.74, 6) is 0.703. The predicted molar refractivity (Wildman–Crippen MR) is 77.7 cm³/mol. The van der Waals surface area contributed by atoms with E-state index in [2.05, 4.69) is 0 Å². The Balaban J connectivity index is 1.84. The number of aryl methyl sites for hydroxylation is 1. The number of amides is 1. The van der Waals surface area contributed by atoms with E-state index in [1.165, 1.54) is 5.56 Å². The van der Waals surface area contributed by atoms with Crippen molar-refractivity contribution in [1.82, 2.24) is 4.90 Å². The van der Waals surface area contributed by atoms with Crippen LogP contribution in [0.5, 0.6) is 5.75 Å². The summed E-state index contributed by atoms with van der Waals surface area (Å²) in [4.78, 5) is 13.9. The Bertz CT molecular complexity index is 453. The van der Waals surface area contributed by atoms with Crippen molar-refractivity contribution in [3.05, 3.63) is 29.8 Å². The Hall–Kier alpha value is -1.55. The van der Waals surface area contributed by atoms with Gasteiger partial charge in [0.15, 0.2) is 6.61 Å². The van der Waals surface area contributed by atoms with Gasteiger partial charge in [0.25, 0.3) is 5.91 Å². The Labute approximate surface area is 120 Å². The number of benzene rings is 1. The van der Waals surface area contributed by atoms with Crippen molar-refractivity contribution in [2.45, 2.75) is 38.7 Å². The molecule has 110 valence electrons.